The molecule has 0 saturated carbocycles. The fourth-order valence-corrected chi connectivity index (χ4v) is 3.65. The molecule has 2 aliphatic heterocycles. The van der Waals surface area contributed by atoms with E-state index < -0.39 is 0 Å². The van der Waals surface area contributed by atoms with Crippen LogP contribution in [0.5, 0.6) is 0 Å². The number of hydrogen-bond acceptors (Lipinski definition) is 4. The summed E-state index contributed by atoms with van der Waals surface area (Å²) >= 11 is 0. The Morgan fingerprint density at radius 2 is 1.71 bits per heavy atom. The Morgan fingerprint density at radius 3 is 2.38 bits per heavy atom. The molecule has 2 saturated heterocycles. The van der Waals surface area contributed by atoms with Gasteiger partial charge in [0, 0.05) is 45.8 Å². The van der Waals surface area contributed by atoms with Crippen LogP contribution in [0.4, 0.5) is 0 Å². The Labute approximate surface area is 145 Å². The number of nitrogens with zero attached hydrogens (tertiary/aromatic N) is 3. The number of rotatable bonds is 5. The van der Waals surface area contributed by atoms with E-state index in [-0.39, 0.29) is 5.91 Å². The largest absolute Gasteiger partial charge is 0.342 e. The molecule has 0 radical (unpaired) electrons. The molecule has 0 aromatic heterocycles. The Bertz CT molecular complexity index is 507. The highest BCUT2D eigenvalue weighted by Crippen LogP contribution is 2.12. The second-order valence-electron chi connectivity index (χ2n) is 7.02. The van der Waals surface area contributed by atoms with Crippen molar-refractivity contribution in [1.82, 2.24) is 20.0 Å². The summed E-state index contributed by atoms with van der Waals surface area (Å²) in [5.41, 5.74) is 1.37. The predicted octanol–water partition coefficient (Wildman–Crippen LogP) is 1.01. The van der Waals surface area contributed by atoms with Gasteiger partial charge in [-0.25, -0.2) is 0 Å². The third-order valence-corrected chi connectivity index (χ3v) is 5.32. The lowest BCUT2D eigenvalue weighted by Gasteiger charge is -2.37. The number of carbonyl (C=O) groups is 1. The van der Waals surface area contributed by atoms with Crippen LogP contribution in [0.15, 0.2) is 30.3 Å². The normalized spacial score (nSPS) is 20.9. The lowest BCUT2D eigenvalue weighted by Crippen LogP contribution is -2.51. The van der Waals surface area contributed by atoms with Gasteiger partial charge in [0.1, 0.15) is 0 Å². The molecule has 5 heteroatoms. The molecule has 0 atom stereocenters. The van der Waals surface area contributed by atoms with E-state index >= 15 is 0 Å². The van der Waals surface area contributed by atoms with Gasteiger partial charge in [0.25, 0.3) is 0 Å². The molecule has 2 fully saturated rings. The van der Waals surface area contributed by atoms with Gasteiger partial charge in [-0.1, -0.05) is 30.3 Å². The fourth-order valence-electron chi connectivity index (χ4n) is 3.65. The van der Waals surface area contributed by atoms with Gasteiger partial charge >= 0.3 is 0 Å². The first-order valence-electron chi connectivity index (χ1n) is 9.17. The zero-order valence-electron chi connectivity index (χ0n) is 14.8. The van der Waals surface area contributed by atoms with Crippen molar-refractivity contribution in [1.29, 1.82) is 0 Å². The van der Waals surface area contributed by atoms with Crippen molar-refractivity contribution >= 4 is 5.91 Å². The average molecular weight is 330 g/mol. The summed E-state index contributed by atoms with van der Waals surface area (Å²) < 4.78 is 0. The van der Waals surface area contributed by atoms with E-state index in [1.54, 1.807) is 0 Å². The third-order valence-electron chi connectivity index (χ3n) is 5.32. The second kappa shape index (κ2) is 8.60. The quantitative estimate of drug-likeness (QED) is 0.875. The molecule has 2 heterocycles. The molecular formula is C19H30N4O. The average Bonchev–Trinajstić information content (AvgIpc) is 2.64. The van der Waals surface area contributed by atoms with Gasteiger partial charge in [0.15, 0.2) is 0 Å². The minimum Gasteiger partial charge on any atom is -0.342 e. The molecule has 1 aromatic carbocycles. The standard InChI is InChI=1S/C19H30N4O/c1-21(18-7-9-20-10-8-18)19(24)16-23-13-11-22(12-14-23)15-17-5-3-2-4-6-17/h2-6,18,20H,7-16H2,1H3. The molecule has 0 spiro atoms. The van der Waals surface area contributed by atoms with Crippen molar-refractivity contribution in [3.63, 3.8) is 0 Å². The summed E-state index contributed by atoms with van der Waals surface area (Å²) in [5, 5.41) is 3.36. The van der Waals surface area contributed by atoms with E-state index in [0.29, 0.717) is 12.6 Å². The monoisotopic (exact) mass is 330 g/mol. The number of benzene rings is 1. The lowest BCUT2D eigenvalue weighted by atomic mass is 10.1. The fraction of sp³-hybridized carbons (Fsp3) is 0.632. The molecule has 0 aliphatic carbocycles. The van der Waals surface area contributed by atoms with E-state index in [1.165, 1.54) is 5.56 Å². The smallest absolute Gasteiger partial charge is 0.236 e. The van der Waals surface area contributed by atoms with Crippen molar-refractivity contribution in [2.45, 2.75) is 25.4 Å². The molecule has 132 valence electrons. The summed E-state index contributed by atoms with van der Waals surface area (Å²) in [4.78, 5) is 19.3. The minimum atomic E-state index is 0.276. The molecule has 1 amide bonds. The first kappa shape index (κ1) is 17.4. The van der Waals surface area contributed by atoms with E-state index in [2.05, 4.69) is 45.4 Å². The molecule has 24 heavy (non-hydrogen) atoms. The third kappa shape index (κ3) is 4.79. The first-order chi connectivity index (χ1) is 11.7. The molecule has 2 aliphatic rings. The number of likely N-dealkylation sites (N-methyl/N-ethyl adjacent to an activating group) is 1. The molecule has 1 aromatic rings. The van der Waals surface area contributed by atoms with Gasteiger partial charge in [-0.2, -0.15) is 0 Å². The molecular weight excluding hydrogens is 300 g/mol. The number of carbonyl (C=O) groups excluding carboxylic acids is 1. The highest BCUT2D eigenvalue weighted by Gasteiger charge is 2.25. The topological polar surface area (TPSA) is 38.8 Å². The number of hydrogen-bond donors (Lipinski definition) is 1. The zero-order valence-corrected chi connectivity index (χ0v) is 14.8. The highest BCUT2D eigenvalue weighted by atomic mass is 16.2. The van der Waals surface area contributed by atoms with Gasteiger partial charge in [0.05, 0.1) is 6.54 Å². The number of amides is 1. The van der Waals surface area contributed by atoms with Crippen LogP contribution in [0, 0.1) is 0 Å². The maximum absolute atomic E-state index is 12.5. The Morgan fingerprint density at radius 1 is 1.08 bits per heavy atom. The highest BCUT2D eigenvalue weighted by molar-refractivity contribution is 5.78. The zero-order chi connectivity index (χ0) is 16.8. The minimum absolute atomic E-state index is 0.276. The van der Waals surface area contributed by atoms with Crippen molar-refractivity contribution < 1.29 is 4.79 Å². The van der Waals surface area contributed by atoms with Crippen LogP contribution in [-0.4, -0.2) is 79.5 Å². The van der Waals surface area contributed by atoms with E-state index in [9.17, 15) is 4.79 Å². The lowest BCUT2D eigenvalue weighted by molar-refractivity contribution is -0.134. The Kier molecular flexibility index (Phi) is 6.24. The summed E-state index contributed by atoms with van der Waals surface area (Å²) in [5.74, 6) is 0.276. The van der Waals surface area contributed by atoms with E-state index in [0.717, 1.165) is 58.7 Å². The number of piperidine rings is 1. The van der Waals surface area contributed by atoms with Gasteiger partial charge in [-0.15, -0.1) is 0 Å². The maximum atomic E-state index is 12.5. The Balaban J connectivity index is 1.40. The maximum Gasteiger partial charge on any atom is 0.236 e. The van der Waals surface area contributed by atoms with E-state index in [1.807, 2.05) is 11.9 Å². The number of nitrogens with one attached hydrogen (secondary N) is 1. The van der Waals surface area contributed by atoms with Gasteiger partial charge in [-0.3, -0.25) is 14.6 Å². The summed E-state index contributed by atoms with van der Waals surface area (Å²) in [7, 11) is 1.98. The van der Waals surface area contributed by atoms with Crippen molar-refractivity contribution in [3.8, 4) is 0 Å². The van der Waals surface area contributed by atoms with Crippen LogP contribution in [0.2, 0.25) is 0 Å². The summed E-state index contributed by atoms with van der Waals surface area (Å²) in [6, 6.07) is 11.0. The molecule has 3 rings (SSSR count). The van der Waals surface area contributed by atoms with Crippen molar-refractivity contribution in [3.05, 3.63) is 35.9 Å². The van der Waals surface area contributed by atoms with Crippen LogP contribution in [0.25, 0.3) is 0 Å². The van der Waals surface area contributed by atoms with Crippen LogP contribution < -0.4 is 5.32 Å². The second-order valence-corrected chi connectivity index (χ2v) is 7.02. The summed E-state index contributed by atoms with van der Waals surface area (Å²) in [6.45, 7) is 7.69. The van der Waals surface area contributed by atoms with Crippen LogP contribution >= 0.6 is 0 Å². The van der Waals surface area contributed by atoms with Gasteiger partial charge in [-0.05, 0) is 31.5 Å². The summed E-state index contributed by atoms with van der Waals surface area (Å²) in [6.07, 6.45) is 2.15. The van der Waals surface area contributed by atoms with Gasteiger partial charge in [0.2, 0.25) is 5.91 Å². The molecule has 1 N–H and O–H groups in total. The first-order valence-corrected chi connectivity index (χ1v) is 9.17. The van der Waals surface area contributed by atoms with Crippen molar-refractivity contribution in [2.24, 2.45) is 0 Å². The van der Waals surface area contributed by atoms with Crippen LogP contribution in [0.3, 0.4) is 0 Å². The molecule has 5 nitrogen and oxygen atoms in total. The van der Waals surface area contributed by atoms with Gasteiger partial charge < -0.3 is 10.2 Å². The SMILES string of the molecule is CN(C(=O)CN1CCN(Cc2ccccc2)CC1)C1CCNCC1. The molecule has 0 unspecified atom stereocenters. The van der Waals surface area contributed by atoms with E-state index in [4.69, 9.17) is 0 Å². The Hall–Kier alpha value is -1.43. The molecule has 0 bridgehead atoms. The van der Waals surface area contributed by atoms with Crippen molar-refractivity contribution in [2.75, 3.05) is 52.9 Å². The van der Waals surface area contributed by atoms with Crippen LogP contribution in [0.1, 0.15) is 18.4 Å². The number of piperazine rings is 1. The van der Waals surface area contributed by atoms with Crippen LogP contribution in [-0.2, 0) is 11.3 Å². The predicted molar refractivity (Wildman–Crippen MR) is 96.8 cm³/mol.